The van der Waals surface area contributed by atoms with E-state index in [1.807, 2.05) is 6.26 Å². The fourth-order valence-electron chi connectivity index (χ4n) is 0.399. The lowest BCUT2D eigenvalue weighted by Crippen LogP contribution is -2.13. The molecule has 0 aliphatic heterocycles. The number of aliphatic hydroxyl groups excluding tert-OH is 2. The molecule has 0 bridgehead atoms. The van der Waals surface area contributed by atoms with Crippen LogP contribution in [0, 0.1) is 5.92 Å². The SMILES string of the molecule is CSCC(CO)CO. The van der Waals surface area contributed by atoms with Gasteiger partial charge in [-0.05, 0) is 6.26 Å². The fourth-order valence-corrected chi connectivity index (χ4v) is 1.08. The molecule has 0 aliphatic rings. The third-order valence-electron chi connectivity index (χ3n) is 0.919. The second-order valence-corrected chi connectivity index (χ2v) is 2.60. The Labute approximate surface area is 53.9 Å². The van der Waals surface area contributed by atoms with Crippen LogP contribution >= 0.6 is 11.8 Å². The fraction of sp³-hybridized carbons (Fsp3) is 1.00. The molecular weight excluding hydrogens is 124 g/mol. The van der Waals surface area contributed by atoms with Gasteiger partial charge in [0.05, 0.1) is 0 Å². The van der Waals surface area contributed by atoms with Crippen molar-refractivity contribution in [3.05, 3.63) is 0 Å². The minimum atomic E-state index is 0.0741. The van der Waals surface area contributed by atoms with Gasteiger partial charge in [-0.25, -0.2) is 0 Å². The van der Waals surface area contributed by atoms with Crippen LogP contribution in [0.2, 0.25) is 0 Å². The molecule has 8 heavy (non-hydrogen) atoms. The molecule has 0 saturated carbocycles. The normalized spacial score (nSPS) is 10.5. The Morgan fingerprint density at radius 2 is 1.88 bits per heavy atom. The van der Waals surface area contributed by atoms with Crippen LogP contribution in [0.15, 0.2) is 0 Å². The van der Waals surface area contributed by atoms with Crippen molar-refractivity contribution >= 4 is 11.8 Å². The van der Waals surface area contributed by atoms with Crippen molar-refractivity contribution in [2.75, 3.05) is 25.2 Å². The van der Waals surface area contributed by atoms with Gasteiger partial charge in [-0.1, -0.05) is 0 Å². The van der Waals surface area contributed by atoms with Gasteiger partial charge in [0.15, 0.2) is 0 Å². The number of hydrogen-bond acceptors (Lipinski definition) is 3. The largest absolute Gasteiger partial charge is 0.396 e. The minimum Gasteiger partial charge on any atom is -0.396 e. The van der Waals surface area contributed by atoms with E-state index in [9.17, 15) is 0 Å². The first-order chi connectivity index (χ1) is 3.85. The monoisotopic (exact) mass is 136 g/mol. The second kappa shape index (κ2) is 5.41. The highest BCUT2D eigenvalue weighted by molar-refractivity contribution is 7.98. The molecule has 0 amide bonds. The van der Waals surface area contributed by atoms with Crippen molar-refractivity contribution in [1.29, 1.82) is 0 Å². The van der Waals surface area contributed by atoms with Gasteiger partial charge in [-0.3, -0.25) is 0 Å². The molecule has 2 N–H and O–H groups in total. The molecule has 0 aromatic heterocycles. The molecule has 0 aliphatic carbocycles. The smallest absolute Gasteiger partial charge is 0.0489 e. The molecule has 0 rings (SSSR count). The molecular formula is C5H12O2S. The van der Waals surface area contributed by atoms with Crippen LogP contribution in [0.1, 0.15) is 0 Å². The van der Waals surface area contributed by atoms with Crippen LogP contribution in [-0.4, -0.2) is 35.4 Å². The lowest BCUT2D eigenvalue weighted by molar-refractivity contribution is 0.164. The number of hydrogen-bond donors (Lipinski definition) is 2. The van der Waals surface area contributed by atoms with E-state index in [0.29, 0.717) is 0 Å². The van der Waals surface area contributed by atoms with E-state index in [1.54, 1.807) is 11.8 Å². The first-order valence-electron chi connectivity index (χ1n) is 2.55. The Kier molecular flexibility index (Phi) is 5.59. The van der Waals surface area contributed by atoms with Crippen molar-refractivity contribution in [1.82, 2.24) is 0 Å². The summed E-state index contributed by atoms with van der Waals surface area (Å²) in [4.78, 5) is 0. The minimum absolute atomic E-state index is 0.0741. The summed E-state index contributed by atoms with van der Waals surface area (Å²) in [6.07, 6.45) is 1.96. The summed E-state index contributed by atoms with van der Waals surface area (Å²) in [7, 11) is 0. The van der Waals surface area contributed by atoms with Gasteiger partial charge >= 0.3 is 0 Å². The number of thioether (sulfide) groups is 1. The molecule has 2 nitrogen and oxygen atoms in total. The summed E-state index contributed by atoms with van der Waals surface area (Å²) in [5.41, 5.74) is 0. The van der Waals surface area contributed by atoms with E-state index < -0.39 is 0 Å². The van der Waals surface area contributed by atoms with Gasteiger partial charge in [0, 0.05) is 24.9 Å². The first kappa shape index (κ1) is 8.27. The summed E-state index contributed by atoms with van der Waals surface area (Å²) < 4.78 is 0. The Hall–Kier alpha value is 0.270. The summed E-state index contributed by atoms with van der Waals surface area (Å²) >= 11 is 1.64. The van der Waals surface area contributed by atoms with Gasteiger partial charge in [-0.2, -0.15) is 11.8 Å². The van der Waals surface area contributed by atoms with E-state index in [4.69, 9.17) is 10.2 Å². The molecule has 0 aromatic rings. The lowest BCUT2D eigenvalue weighted by atomic mass is 10.2. The quantitative estimate of drug-likeness (QED) is 0.569. The van der Waals surface area contributed by atoms with Crippen molar-refractivity contribution in [2.45, 2.75) is 0 Å². The highest BCUT2D eigenvalue weighted by Gasteiger charge is 2.02. The third-order valence-corrected chi connectivity index (χ3v) is 1.72. The van der Waals surface area contributed by atoms with Gasteiger partial charge < -0.3 is 10.2 Å². The van der Waals surface area contributed by atoms with Gasteiger partial charge in [0.1, 0.15) is 0 Å². The predicted octanol–water partition coefficient (Wildman–Crippen LogP) is -0.0498. The lowest BCUT2D eigenvalue weighted by Gasteiger charge is -2.06. The molecule has 3 heteroatoms. The van der Waals surface area contributed by atoms with Crippen LogP contribution in [0.5, 0.6) is 0 Å². The van der Waals surface area contributed by atoms with E-state index in [2.05, 4.69) is 0 Å². The molecule has 0 atom stereocenters. The summed E-state index contributed by atoms with van der Waals surface area (Å²) in [6, 6.07) is 0. The Balaban J connectivity index is 3.07. The molecule has 0 fully saturated rings. The molecule has 0 radical (unpaired) electrons. The summed E-state index contributed by atoms with van der Waals surface area (Å²) in [5.74, 6) is 0.914. The third kappa shape index (κ3) is 3.29. The molecule has 0 saturated heterocycles. The molecule has 0 unspecified atom stereocenters. The first-order valence-corrected chi connectivity index (χ1v) is 3.95. The Bertz CT molecular complexity index is 45.7. The molecule has 0 spiro atoms. The number of aliphatic hydroxyl groups is 2. The zero-order chi connectivity index (χ0) is 6.41. The van der Waals surface area contributed by atoms with Crippen molar-refractivity contribution < 1.29 is 10.2 Å². The average Bonchev–Trinajstić information content (AvgIpc) is 1.83. The van der Waals surface area contributed by atoms with Crippen molar-refractivity contribution in [2.24, 2.45) is 5.92 Å². The predicted molar refractivity (Wildman–Crippen MR) is 36.0 cm³/mol. The summed E-state index contributed by atoms with van der Waals surface area (Å²) in [5, 5.41) is 17.0. The number of rotatable bonds is 4. The molecule has 0 heterocycles. The van der Waals surface area contributed by atoms with Crippen LogP contribution < -0.4 is 0 Å². The van der Waals surface area contributed by atoms with E-state index in [0.717, 1.165) is 5.75 Å². The van der Waals surface area contributed by atoms with E-state index in [1.165, 1.54) is 0 Å². The van der Waals surface area contributed by atoms with Crippen LogP contribution in [-0.2, 0) is 0 Å². The zero-order valence-electron chi connectivity index (χ0n) is 5.00. The van der Waals surface area contributed by atoms with Gasteiger partial charge in [0.2, 0.25) is 0 Å². The summed E-state index contributed by atoms with van der Waals surface area (Å²) in [6.45, 7) is 0.189. The highest BCUT2D eigenvalue weighted by atomic mass is 32.2. The van der Waals surface area contributed by atoms with Crippen molar-refractivity contribution in [3.63, 3.8) is 0 Å². The average molecular weight is 136 g/mol. The maximum absolute atomic E-state index is 8.48. The Morgan fingerprint density at radius 1 is 1.38 bits per heavy atom. The van der Waals surface area contributed by atoms with Crippen LogP contribution in [0.25, 0.3) is 0 Å². The maximum atomic E-state index is 8.48. The van der Waals surface area contributed by atoms with E-state index >= 15 is 0 Å². The van der Waals surface area contributed by atoms with Crippen LogP contribution in [0.4, 0.5) is 0 Å². The Morgan fingerprint density at radius 3 is 2.00 bits per heavy atom. The van der Waals surface area contributed by atoms with Crippen LogP contribution in [0.3, 0.4) is 0 Å². The van der Waals surface area contributed by atoms with E-state index in [-0.39, 0.29) is 19.1 Å². The standard InChI is InChI=1S/C5H12O2S/c1-8-4-5(2-6)3-7/h5-7H,2-4H2,1H3. The molecule has 0 aromatic carbocycles. The maximum Gasteiger partial charge on any atom is 0.0489 e. The topological polar surface area (TPSA) is 40.5 Å². The highest BCUT2D eigenvalue weighted by Crippen LogP contribution is 2.02. The van der Waals surface area contributed by atoms with Gasteiger partial charge in [0.25, 0.3) is 0 Å². The second-order valence-electron chi connectivity index (χ2n) is 1.69. The molecule has 50 valence electrons. The zero-order valence-corrected chi connectivity index (χ0v) is 5.82. The van der Waals surface area contributed by atoms with Crippen molar-refractivity contribution in [3.8, 4) is 0 Å². The van der Waals surface area contributed by atoms with Gasteiger partial charge in [-0.15, -0.1) is 0 Å².